The molecule has 2 rings (SSSR count). The number of nitrogens with zero attached hydrogens (tertiary/aromatic N) is 2. The molecular weight excluding hydrogens is 281 g/mol. The highest BCUT2D eigenvalue weighted by Crippen LogP contribution is 2.37. The summed E-state index contributed by atoms with van der Waals surface area (Å²) < 4.78 is 37.6. The Labute approximate surface area is 111 Å². The Kier molecular flexibility index (Phi) is 3.71. The van der Waals surface area contributed by atoms with Crippen LogP contribution in [0.25, 0.3) is 0 Å². The first kappa shape index (κ1) is 14.1. The van der Waals surface area contributed by atoms with Gasteiger partial charge in [-0.05, 0) is 19.3 Å². The summed E-state index contributed by atoms with van der Waals surface area (Å²) in [6.07, 6.45) is -2.54. The molecule has 0 unspecified atom stereocenters. The van der Waals surface area contributed by atoms with Crippen LogP contribution in [0.5, 0.6) is 0 Å². The van der Waals surface area contributed by atoms with E-state index in [1.54, 1.807) is 6.92 Å². The van der Waals surface area contributed by atoms with Crippen LogP contribution in [0.2, 0.25) is 0 Å². The average Bonchev–Trinajstić information content (AvgIpc) is 3.03. The van der Waals surface area contributed by atoms with E-state index in [-0.39, 0.29) is 16.1 Å². The maximum Gasteiger partial charge on any atom is 0.406 e. The summed E-state index contributed by atoms with van der Waals surface area (Å²) in [5.74, 6) is -1.14. The van der Waals surface area contributed by atoms with Gasteiger partial charge in [0.05, 0.1) is 5.69 Å². The first-order valence-electron chi connectivity index (χ1n) is 5.88. The van der Waals surface area contributed by atoms with Crippen molar-refractivity contribution in [3.63, 3.8) is 0 Å². The predicted octanol–water partition coefficient (Wildman–Crippen LogP) is 2.93. The fourth-order valence-corrected chi connectivity index (χ4v) is 2.87. The second-order valence-corrected chi connectivity index (χ2v) is 5.38. The SMILES string of the molecule is CCc1nc(N(CC(F)(F)F)C2CC2)sc1C(=O)O. The number of carboxylic acids is 1. The number of hydrogen-bond acceptors (Lipinski definition) is 4. The van der Waals surface area contributed by atoms with Crippen LogP contribution in [0.1, 0.15) is 35.1 Å². The van der Waals surface area contributed by atoms with E-state index in [9.17, 15) is 18.0 Å². The van der Waals surface area contributed by atoms with Crippen molar-refractivity contribution in [1.82, 2.24) is 4.98 Å². The standard InChI is InChI=1S/C11H13F3N2O2S/c1-2-7-8(9(17)18)19-10(15-7)16(6-3-4-6)5-11(12,13)14/h6H,2-5H2,1H3,(H,17,18). The minimum absolute atomic E-state index is 0.0327. The second kappa shape index (κ2) is 4.99. The highest BCUT2D eigenvalue weighted by atomic mass is 32.1. The van der Waals surface area contributed by atoms with Gasteiger partial charge in [0, 0.05) is 6.04 Å². The molecule has 0 radical (unpaired) electrons. The second-order valence-electron chi connectivity index (χ2n) is 4.41. The summed E-state index contributed by atoms with van der Waals surface area (Å²) in [6.45, 7) is 0.657. The maximum atomic E-state index is 12.5. The van der Waals surface area contributed by atoms with Gasteiger partial charge in [-0.1, -0.05) is 18.3 Å². The van der Waals surface area contributed by atoms with Gasteiger partial charge >= 0.3 is 12.1 Å². The minimum atomic E-state index is -4.32. The number of anilines is 1. The largest absolute Gasteiger partial charge is 0.477 e. The topological polar surface area (TPSA) is 53.4 Å². The van der Waals surface area contributed by atoms with E-state index in [0.717, 1.165) is 11.3 Å². The number of carboxylic acid groups (broad SMARTS) is 1. The third kappa shape index (κ3) is 3.37. The third-order valence-electron chi connectivity index (χ3n) is 2.80. The van der Waals surface area contributed by atoms with Gasteiger partial charge in [-0.3, -0.25) is 0 Å². The molecule has 0 spiro atoms. The molecule has 19 heavy (non-hydrogen) atoms. The number of thiazole rings is 1. The van der Waals surface area contributed by atoms with Crippen molar-refractivity contribution in [2.24, 2.45) is 0 Å². The zero-order valence-corrected chi connectivity index (χ0v) is 11.0. The average molecular weight is 294 g/mol. The summed E-state index contributed by atoms with van der Waals surface area (Å²) >= 11 is 0.825. The van der Waals surface area contributed by atoms with Crippen molar-refractivity contribution in [3.8, 4) is 0 Å². The normalized spacial score (nSPS) is 15.6. The van der Waals surface area contributed by atoms with E-state index in [0.29, 0.717) is 25.0 Å². The van der Waals surface area contributed by atoms with Gasteiger partial charge in [-0.25, -0.2) is 9.78 Å². The lowest BCUT2D eigenvalue weighted by Gasteiger charge is -2.22. The van der Waals surface area contributed by atoms with Gasteiger partial charge in [0.25, 0.3) is 0 Å². The van der Waals surface area contributed by atoms with Crippen LogP contribution in [0.3, 0.4) is 0 Å². The van der Waals surface area contributed by atoms with Gasteiger partial charge in [0.15, 0.2) is 5.13 Å². The monoisotopic (exact) mass is 294 g/mol. The molecule has 1 aromatic heterocycles. The molecule has 106 valence electrons. The Morgan fingerprint density at radius 3 is 2.53 bits per heavy atom. The summed E-state index contributed by atoms with van der Waals surface area (Å²) in [7, 11) is 0. The Hall–Kier alpha value is -1.31. The molecule has 1 aromatic rings. The number of aryl methyl sites for hydroxylation is 1. The Bertz CT molecular complexity index is 483. The number of carbonyl (C=O) groups is 1. The van der Waals surface area contributed by atoms with E-state index in [1.807, 2.05) is 0 Å². The maximum absolute atomic E-state index is 12.5. The molecule has 0 aliphatic heterocycles. The Morgan fingerprint density at radius 2 is 2.16 bits per heavy atom. The molecule has 4 nitrogen and oxygen atoms in total. The number of halogens is 3. The third-order valence-corrected chi connectivity index (χ3v) is 3.92. The van der Waals surface area contributed by atoms with E-state index < -0.39 is 18.7 Å². The lowest BCUT2D eigenvalue weighted by atomic mass is 10.3. The molecule has 0 aromatic carbocycles. The fraction of sp³-hybridized carbons (Fsp3) is 0.636. The van der Waals surface area contributed by atoms with Crippen molar-refractivity contribution < 1.29 is 23.1 Å². The molecule has 8 heteroatoms. The number of hydrogen-bond donors (Lipinski definition) is 1. The first-order chi connectivity index (χ1) is 8.81. The molecular formula is C11H13F3N2O2S. The Balaban J connectivity index is 2.29. The number of alkyl halides is 3. The molecule has 0 atom stereocenters. The van der Waals surface area contributed by atoms with Crippen LogP contribution < -0.4 is 4.90 Å². The molecule has 1 aliphatic carbocycles. The molecule has 1 heterocycles. The molecule has 0 bridgehead atoms. The number of aromatic nitrogens is 1. The Morgan fingerprint density at radius 1 is 1.53 bits per heavy atom. The lowest BCUT2D eigenvalue weighted by Crippen LogP contribution is -2.35. The van der Waals surface area contributed by atoms with E-state index in [2.05, 4.69) is 4.98 Å². The van der Waals surface area contributed by atoms with Crippen molar-refractivity contribution >= 4 is 22.4 Å². The van der Waals surface area contributed by atoms with Crippen LogP contribution in [-0.2, 0) is 6.42 Å². The van der Waals surface area contributed by atoms with Gasteiger partial charge in [0.2, 0.25) is 0 Å². The van der Waals surface area contributed by atoms with E-state index >= 15 is 0 Å². The molecule has 0 amide bonds. The number of aromatic carboxylic acids is 1. The van der Waals surface area contributed by atoms with E-state index in [4.69, 9.17) is 5.11 Å². The van der Waals surface area contributed by atoms with Gasteiger partial charge in [-0.15, -0.1) is 0 Å². The zero-order valence-electron chi connectivity index (χ0n) is 10.2. The fourth-order valence-electron chi connectivity index (χ4n) is 1.80. The van der Waals surface area contributed by atoms with Crippen LogP contribution >= 0.6 is 11.3 Å². The molecule has 1 N–H and O–H groups in total. The lowest BCUT2D eigenvalue weighted by molar-refractivity contribution is -0.120. The summed E-state index contributed by atoms with van der Waals surface area (Å²) in [5.41, 5.74) is 0.348. The summed E-state index contributed by atoms with van der Waals surface area (Å²) in [6, 6.07) is -0.167. The zero-order chi connectivity index (χ0) is 14.2. The van der Waals surface area contributed by atoms with Gasteiger partial charge < -0.3 is 10.0 Å². The van der Waals surface area contributed by atoms with Gasteiger partial charge in [0.1, 0.15) is 11.4 Å². The van der Waals surface area contributed by atoms with Crippen molar-refractivity contribution in [2.45, 2.75) is 38.4 Å². The summed E-state index contributed by atoms with van der Waals surface area (Å²) in [5, 5.41) is 9.17. The molecule has 1 fully saturated rings. The highest BCUT2D eigenvalue weighted by Gasteiger charge is 2.40. The van der Waals surface area contributed by atoms with Crippen LogP contribution in [0.4, 0.5) is 18.3 Å². The highest BCUT2D eigenvalue weighted by molar-refractivity contribution is 7.17. The quantitative estimate of drug-likeness (QED) is 0.907. The van der Waals surface area contributed by atoms with Crippen LogP contribution in [0, 0.1) is 0 Å². The van der Waals surface area contributed by atoms with Gasteiger partial charge in [-0.2, -0.15) is 13.2 Å². The van der Waals surface area contributed by atoms with Crippen LogP contribution in [0.15, 0.2) is 0 Å². The summed E-state index contributed by atoms with van der Waals surface area (Å²) in [4.78, 5) is 16.3. The van der Waals surface area contributed by atoms with Crippen LogP contribution in [-0.4, -0.2) is 34.8 Å². The molecule has 1 saturated carbocycles. The van der Waals surface area contributed by atoms with Crippen molar-refractivity contribution in [2.75, 3.05) is 11.4 Å². The molecule has 0 saturated heterocycles. The van der Waals surface area contributed by atoms with Crippen molar-refractivity contribution in [1.29, 1.82) is 0 Å². The minimum Gasteiger partial charge on any atom is -0.477 e. The smallest absolute Gasteiger partial charge is 0.406 e. The molecule has 1 aliphatic rings. The van der Waals surface area contributed by atoms with E-state index in [1.165, 1.54) is 4.90 Å². The number of rotatable bonds is 5. The predicted molar refractivity (Wildman–Crippen MR) is 64.9 cm³/mol. The first-order valence-corrected chi connectivity index (χ1v) is 6.70. The van der Waals surface area contributed by atoms with Crippen molar-refractivity contribution in [3.05, 3.63) is 10.6 Å².